The van der Waals surface area contributed by atoms with Crippen molar-refractivity contribution in [3.05, 3.63) is 52.5 Å². The number of nitrogens with one attached hydrogen (secondary N) is 1. The van der Waals surface area contributed by atoms with Gasteiger partial charge in [0.05, 0.1) is 26.9 Å². The lowest BCUT2D eigenvalue weighted by molar-refractivity contribution is 0.0691. The Kier molecular flexibility index (Phi) is 7.05. The number of amides is 2. The topological polar surface area (TPSA) is 77.1 Å². The summed E-state index contributed by atoms with van der Waals surface area (Å²) in [5.41, 5.74) is 0.802. The van der Waals surface area contributed by atoms with Gasteiger partial charge in [-0.2, -0.15) is 0 Å². The highest BCUT2D eigenvalue weighted by atomic mass is 35.5. The van der Waals surface area contributed by atoms with Gasteiger partial charge in [-0.05, 0) is 43.2 Å². The third-order valence-electron chi connectivity index (χ3n) is 5.17. The molecule has 0 aliphatic carbocycles. The third kappa shape index (κ3) is 4.62. The van der Waals surface area contributed by atoms with Gasteiger partial charge in [0.15, 0.2) is 0 Å². The van der Waals surface area contributed by atoms with Crippen molar-refractivity contribution in [2.45, 2.75) is 18.9 Å². The first-order chi connectivity index (χ1) is 14.5. The number of halogens is 1. The number of carbonyl (C=O) groups excluding carboxylic acids is 2. The summed E-state index contributed by atoms with van der Waals surface area (Å²) in [6, 6.07) is 10.1. The molecule has 1 N–H and O–H groups in total. The Hall–Kier alpha value is -2.93. The molecule has 0 saturated carbocycles. The summed E-state index contributed by atoms with van der Waals surface area (Å²) in [4.78, 5) is 27.5. The largest absolute Gasteiger partial charge is 0.496 e. The molecule has 30 heavy (non-hydrogen) atoms. The highest BCUT2D eigenvalue weighted by Gasteiger charge is 2.29. The van der Waals surface area contributed by atoms with Gasteiger partial charge < -0.3 is 24.4 Å². The molecular weight excluding hydrogens is 408 g/mol. The molecule has 0 unspecified atom stereocenters. The van der Waals surface area contributed by atoms with Crippen LogP contribution in [0.5, 0.6) is 17.2 Å². The van der Waals surface area contributed by atoms with Crippen LogP contribution in [-0.2, 0) is 0 Å². The molecule has 1 aliphatic rings. The van der Waals surface area contributed by atoms with Crippen molar-refractivity contribution in [2.24, 2.45) is 0 Å². The first-order valence-electron chi connectivity index (χ1n) is 9.63. The molecule has 0 radical (unpaired) electrons. The zero-order chi connectivity index (χ0) is 21.7. The molecule has 8 heteroatoms. The molecule has 1 fully saturated rings. The van der Waals surface area contributed by atoms with E-state index in [2.05, 4.69) is 5.32 Å². The van der Waals surface area contributed by atoms with Gasteiger partial charge in [0.25, 0.3) is 11.8 Å². The van der Waals surface area contributed by atoms with Gasteiger partial charge in [0.1, 0.15) is 22.8 Å². The van der Waals surface area contributed by atoms with E-state index in [9.17, 15) is 9.59 Å². The summed E-state index contributed by atoms with van der Waals surface area (Å²) in [6.07, 6.45) is 1.27. The van der Waals surface area contributed by atoms with Crippen LogP contribution in [0.1, 0.15) is 33.6 Å². The van der Waals surface area contributed by atoms with E-state index in [-0.39, 0.29) is 17.9 Å². The average Bonchev–Trinajstić information content (AvgIpc) is 2.78. The molecule has 2 aromatic carbocycles. The van der Waals surface area contributed by atoms with Crippen molar-refractivity contribution in [3.63, 3.8) is 0 Å². The van der Waals surface area contributed by atoms with Gasteiger partial charge in [-0.3, -0.25) is 9.59 Å². The van der Waals surface area contributed by atoms with Gasteiger partial charge in [0, 0.05) is 24.2 Å². The molecular formula is C22H25ClN2O5. The molecule has 1 heterocycles. The van der Waals surface area contributed by atoms with Crippen molar-refractivity contribution in [1.29, 1.82) is 0 Å². The lowest BCUT2D eigenvalue weighted by Crippen LogP contribution is -2.46. The van der Waals surface area contributed by atoms with Crippen LogP contribution in [-0.4, -0.2) is 57.2 Å². The second kappa shape index (κ2) is 9.71. The van der Waals surface area contributed by atoms with Gasteiger partial charge in [-0.25, -0.2) is 0 Å². The van der Waals surface area contributed by atoms with Crippen LogP contribution < -0.4 is 19.5 Å². The van der Waals surface area contributed by atoms with Crippen LogP contribution in [0, 0.1) is 0 Å². The molecule has 0 spiro atoms. The SMILES string of the molecule is COc1ccc(Cl)cc1C(=O)NC1CCN(C(=O)c2c(OC)cccc2OC)CC1. The Labute approximate surface area is 180 Å². The fraction of sp³-hybridized carbons (Fsp3) is 0.364. The molecule has 2 aromatic rings. The van der Waals surface area contributed by atoms with Crippen molar-refractivity contribution in [1.82, 2.24) is 10.2 Å². The highest BCUT2D eigenvalue weighted by molar-refractivity contribution is 6.31. The predicted molar refractivity (Wildman–Crippen MR) is 114 cm³/mol. The monoisotopic (exact) mass is 432 g/mol. The van der Waals surface area contributed by atoms with E-state index < -0.39 is 0 Å². The predicted octanol–water partition coefficient (Wildman–Crippen LogP) is 3.40. The Morgan fingerprint density at radius 1 is 0.967 bits per heavy atom. The lowest BCUT2D eigenvalue weighted by atomic mass is 10.0. The van der Waals surface area contributed by atoms with E-state index in [1.54, 1.807) is 41.3 Å². The summed E-state index contributed by atoms with van der Waals surface area (Å²) in [6.45, 7) is 1.02. The van der Waals surface area contributed by atoms with Crippen molar-refractivity contribution < 1.29 is 23.8 Å². The van der Waals surface area contributed by atoms with Gasteiger partial charge in [-0.1, -0.05) is 17.7 Å². The van der Waals surface area contributed by atoms with Gasteiger partial charge in [0.2, 0.25) is 0 Å². The number of piperidine rings is 1. The minimum atomic E-state index is -0.245. The molecule has 0 aromatic heterocycles. The highest BCUT2D eigenvalue weighted by Crippen LogP contribution is 2.30. The molecule has 160 valence electrons. The molecule has 7 nitrogen and oxygen atoms in total. The Balaban J connectivity index is 1.65. The summed E-state index contributed by atoms with van der Waals surface area (Å²) < 4.78 is 15.9. The number of rotatable bonds is 6. The van der Waals surface area contributed by atoms with Crippen LogP contribution in [0.4, 0.5) is 0 Å². The fourth-order valence-electron chi connectivity index (χ4n) is 3.57. The number of carbonyl (C=O) groups is 2. The second-order valence-electron chi connectivity index (χ2n) is 6.92. The van der Waals surface area contributed by atoms with Crippen molar-refractivity contribution in [2.75, 3.05) is 34.4 Å². The molecule has 1 aliphatic heterocycles. The first kappa shape index (κ1) is 21.8. The Morgan fingerprint density at radius 3 is 2.13 bits per heavy atom. The van der Waals surface area contributed by atoms with E-state index in [4.69, 9.17) is 25.8 Å². The maximum atomic E-state index is 13.1. The zero-order valence-corrected chi connectivity index (χ0v) is 18.0. The lowest BCUT2D eigenvalue weighted by Gasteiger charge is -2.33. The Morgan fingerprint density at radius 2 is 1.57 bits per heavy atom. The number of methoxy groups -OCH3 is 3. The van der Waals surface area contributed by atoms with E-state index >= 15 is 0 Å². The number of ether oxygens (including phenoxy) is 3. The summed E-state index contributed by atoms with van der Waals surface area (Å²) in [7, 11) is 4.56. The molecule has 0 bridgehead atoms. The summed E-state index contributed by atoms with van der Waals surface area (Å²) in [5.74, 6) is 1.02. The standard InChI is InChI=1S/C22H25ClN2O5/c1-28-17-8-7-14(23)13-16(17)21(26)24-15-9-11-25(12-10-15)22(27)20-18(29-2)5-4-6-19(20)30-3/h4-8,13,15H,9-12H2,1-3H3,(H,24,26). The normalized spacial score (nSPS) is 14.2. The number of likely N-dealkylation sites (tertiary alicyclic amines) is 1. The smallest absolute Gasteiger partial charge is 0.261 e. The van der Waals surface area contributed by atoms with Gasteiger partial charge >= 0.3 is 0 Å². The number of nitrogens with zero attached hydrogens (tertiary/aromatic N) is 1. The van der Waals surface area contributed by atoms with E-state index in [1.807, 2.05) is 0 Å². The van der Waals surface area contributed by atoms with Crippen LogP contribution >= 0.6 is 11.6 Å². The maximum absolute atomic E-state index is 13.1. The number of hydrogen-bond donors (Lipinski definition) is 1. The minimum absolute atomic E-state index is 0.0511. The van der Waals surface area contributed by atoms with Gasteiger partial charge in [-0.15, -0.1) is 0 Å². The summed E-state index contributed by atoms with van der Waals surface area (Å²) in [5, 5.41) is 3.48. The van der Waals surface area contributed by atoms with Crippen LogP contribution in [0.2, 0.25) is 5.02 Å². The van der Waals surface area contributed by atoms with Crippen LogP contribution in [0.3, 0.4) is 0 Å². The third-order valence-corrected chi connectivity index (χ3v) is 5.40. The van der Waals surface area contributed by atoms with Crippen LogP contribution in [0.15, 0.2) is 36.4 Å². The molecule has 1 saturated heterocycles. The van der Waals surface area contributed by atoms with Crippen molar-refractivity contribution in [3.8, 4) is 17.2 Å². The number of hydrogen-bond acceptors (Lipinski definition) is 5. The van der Waals surface area contributed by atoms with Crippen LogP contribution in [0.25, 0.3) is 0 Å². The Bertz CT molecular complexity index is 903. The zero-order valence-electron chi connectivity index (χ0n) is 17.2. The van der Waals surface area contributed by atoms with E-state index in [0.717, 1.165) is 0 Å². The molecule has 3 rings (SSSR count). The van der Waals surface area contributed by atoms with E-state index in [0.29, 0.717) is 59.3 Å². The summed E-state index contributed by atoms with van der Waals surface area (Å²) >= 11 is 6.02. The van der Waals surface area contributed by atoms with E-state index in [1.165, 1.54) is 21.3 Å². The quantitative estimate of drug-likeness (QED) is 0.757. The molecule has 2 amide bonds. The fourth-order valence-corrected chi connectivity index (χ4v) is 3.74. The minimum Gasteiger partial charge on any atom is -0.496 e. The molecule has 0 atom stereocenters. The second-order valence-corrected chi connectivity index (χ2v) is 7.36. The number of benzene rings is 2. The van der Waals surface area contributed by atoms with Crippen molar-refractivity contribution >= 4 is 23.4 Å². The maximum Gasteiger partial charge on any atom is 0.261 e. The average molecular weight is 433 g/mol. The first-order valence-corrected chi connectivity index (χ1v) is 10.0.